The summed E-state index contributed by atoms with van der Waals surface area (Å²) in [5.41, 5.74) is 5.49. The molecule has 0 aromatic heterocycles. The predicted molar refractivity (Wildman–Crippen MR) is 128 cm³/mol. The first kappa shape index (κ1) is 23.3. The Morgan fingerprint density at radius 3 is 2.76 bits per heavy atom. The van der Waals surface area contributed by atoms with Gasteiger partial charge in [0.05, 0.1) is 12.0 Å². The van der Waals surface area contributed by atoms with Crippen LogP contribution in [0.15, 0.2) is 83.2 Å². The van der Waals surface area contributed by atoms with Crippen molar-refractivity contribution >= 4 is 17.8 Å². The van der Waals surface area contributed by atoms with E-state index in [0.29, 0.717) is 17.7 Å². The minimum absolute atomic E-state index is 0.356. The molecule has 0 spiro atoms. The normalized spacial score (nSPS) is 18.2. The van der Waals surface area contributed by atoms with Gasteiger partial charge < -0.3 is 24.5 Å². The van der Waals surface area contributed by atoms with E-state index in [1.807, 2.05) is 49.4 Å². The van der Waals surface area contributed by atoms with E-state index in [0.717, 1.165) is 35.2 Å². The summed E-state index contributed by atoms with van der Waals surface area (Å²) in [6, 6.07) is 15.3. The Bertz CT molecular complexity index is 1150. The third kappa shape index (κ3) is 5.74. The number of carboxylic acids is 1. The summed E-state index contributed by atoms with van der Waals surface area (Å²) in [6.07, 6.45) is 7.59. The molecule has 1 aliphatic carbocycles. The lowest BCUT2D eigenvalue weighted by Crippen LogP contribution is -2.21. The molecule has 1 aliphatic heterocycles. The Labute approximate surface area is 198 Å². The molecule has 2 unspecified atom stereocenters. The zero-order valence-electron chi connectivity index (χ0n) is 18.9. The van der Waals surface area contributed by atoms with Crippen LogP contribution in [0.2, 0.25) is 0 Å². The van der Waals surface area contributed by atoms with Gasteiger partial charge in [0.1, 0.15) is 5.75 Å². The van der Waals surface area contributed by atoms with Crippen molar-refractivity contribution in [1.29, 1.82) is 0 Å². The van der Waals surface area contributed by atoms with Crippen molar-refractivity contribution in [3.05, 3.63) is 94.8 Å². The zero-order valence-corrected chi connectivity index (χ0v) is 18.9. The molecule has 2 aliphatic rings. The van der Waals surface area contributed by atoms with Gasteiger partial charge in [-0.2, -0.15) is 0 Å². The highest BCUT2D eigenvalue weighted by molar-refractivity contribution is 5.85. The molecule has 34 heavy (non-hydrogen) atoms. The molecule has 4 rings (SSSR count). The molecule has 0 saturated carbocycles. The molecule has 1 heterocycles. The maximum Gasteiger partial charge on any atom is 0.341 e. The zero-order chi connectivity index (χ0) is 23.9. The van der Waals surface area contributed by atoms with Crippen molar-refractivity contribution in [2.45, 2.75) is 38.6 Å². The number of carboxylic acid groups (broad SMARTS) is 1. The number of hydrogen-bond donors (Lipinski definition) is 2. The minimum Gasteiger partial charge on any atom is -0.482 e. The highest BCUT2D eigenvalue weighted by Gasteiger charge is 2.27. The van der Waals surface area contributed by atoms with E-state index in [2.05, 4.69) is 11.2 Å². The third-order valence-corrected chi connectivity index (χ3v) is 5.64. The molecule has 176 valence electrons. The van der Waals surface area contributed by atoms with Gasteiger partial charge in [0.2, 0.25) is 6.29 Å². The lowest BCUT2D eigenvalue weighted by molar-refractivity contribution is -0.139. The predicted octanol–water partition coefficient (Wildman–Crippen LogP) is 4.79. The van der Waals surface area contributed by atoms with Crippen molar-refractivity contribution < 1.29 is 29.3 Å². The first-order valence-corrected chi connectivity index (χ1v) is 11.1. The highest BCUT2D eigenvalue weighted by Crippen LogP contribution is 2.33. The number of aliphatic hydroxyl groups is 1. The molecule has 0 saturated heterocycles. The Morgan fingerprint density at radius 1 is 1.18 bits per heavy atom. The molecule has 0 bridgehead atoms. The second kappa shape index (κ2) is 10.9. The second-order valence-electron chi connectivity index (χ2n) is 8.19. The molecular weight excluding hydrogens is 434 g/mol. The number of fused-ring (bicyclic) bond motifs is 1. The number of hydrogen-bond acceptors (Lipinski definition) is 6. The monoisotopic (exact) mass is 461 g/mol. The van der Waals surface area contributed by atoms with Crippen molar-refractivity contribution in [3.8, 4) is 5.75 Å². The molecule has 7 nitrogen and oxygen atoms in total. The molecule has 7 heteroatoms. The quantitative estimate of drug-likeness (QED) is 0.412. The number of allylic oxidation sites excluding steroid dienone is 3. The average Bonchev–Trinajstić information content (AvgIpc) is 2.84. The number of nitrogens with zero attached hydrogens (tertiary/aromatic N) is 1. The molecule has 2 aromatic carbocycles. The average molecular weight is 462 g/mol. The van der Waals surface area contributed by atoms with Gasteiger partial charge >= 0.3 is 5.97 Å². The van der Waals surface area contributed by atoms with Gasteiger partial charge in [0, 0.05) is 17.6 Å². The first-order valence-electron chi connectivity index (χ1n) is 11.1. The number of aliphatic hydroxyl groups excluding tert-OH is 1. The number of ether oxygens (including phenoxy) is 2. The molecule has 2 aromatic rings. The number of aliphatic carboxylic acids is 1. The number of benzene rings is 2. The smallest absolute Gasteiger partial charge is 0.341 e. The minimum atomic E-state index is -1.10. The SMILES string of the molecule is C/C(CC1=Cc2cccc(OCC(=O)O)c2CC1)=N\OC(C1=CC=COC1O)c1ccccc1. The summed E-state index contributed by atoms with van der Waals surface area (Å²) in [5.74, 6) is -0.380. The van der Waals surface area contributed by atoms with Gasteiger partial charge in [-0.15, -0.1) is 0 Å². The van der Waals surface area contributed by atoms with Crippen LogP contribution < -0.4 is 4.74 Å². The van der Waals surface area contributed by atoms with Crippen LogP contribution in [0.5, 0.6) is 5.75 Å². The van der Waals surface area contributed by atoms with Crippen molar-refractivity contribution in [2.75, 3.05) is 6.61 Å². The summed E-state index contributed by atoms with van der Waals surface area (Å²) in [7, 11) is 0. The maximum absolute atomic E-state index is 10.8. The van der Waals surface area contributed by atoms with E-state index in [4.69, 9.17) is 19.4 Å². The Balaban J connectivity index is 1.48. The summed E-state index contributed by atoms with van der Waals surface area (Å²) in [5, 5.41) is 23.6. The van der Waals surface area contributed by atoms with Crippen LogP contribution in [0.25, 0.3) is 6.08 Å². The van der Waals surface area contributed by atoms with Gasteiger partial charge in [0.25, 0.3) is 0 Å². The molecular formula is C27H27NO6. The van der Waals surface area contributed by atoms with Crippen LogP contribution in [0.3, 0.4) is 0 Å². The van der Waals surface area contributed by atoms with Crippen molar-refractivity contribution in [3.63, 3.8) is 0 Å². The Morgan fingerprint density at radius 2 is 2.00 bits per heavy atom. The van der Waals surface area contributed by atoms with Crippen molar-refractivity contribution in [2.24, 2.45) is 5.16 Å². The van der Waals surface area contributed by atoms with Crippen LogP contribution >= 0.6 is 0 Å². The van der Waals surface area contributed by atoms with Gasteiger partial charge in [-0.25, -0.2) is 4.79 Å². The standard InChI is InChI=1S/C27H27NO6/c1-18(15-19-12-13-22-21(16-19)9-5-11-24(22)33-17-25(29)30)28-34-26(20-7-3-2-4-8-20)23-10-6-14-32-27(23)31/h2-11,14,16,26-27,31H,12-13,15,17H2,1H3,(H,29,30)/b28-18+. The van der Waals surface area contributed by atoms with E-state index in [9.17, 15) is 9.90 Å². The van der Waals surface area contributed by atoms with Crippen LogP contribution in [-0.2, 0) is 20.8 Å². The fourth-order valence-corrected chi connectivity index (χ4v) is 4.07. The molecule has 2 N–H and O–H groups in total. The summed E-state index contributed by atoms with van der Waals surface area (Å²) < 4.78 is 10.7. The second-order valence-corrected chi connectivity index (χ2v) is 8.19. The Hall–Kier alpha value is -3.84. The van der Waals surface area contributed by atoms with E-state index < -0.39 is 18.4 Å². The van der Waals surface area contributed by atoms with E-state index in [1.54, 1.807) is 18.2 Å². The van der Waals surface area contributed by atoms with Crippen LogP contribution in [0.4, 0.5) is 0 Å². The van der Waals surface area contributed by atoms with Crippen LogP contribution in [0.1, 0.15) is 42.6 Å². The van der Waals surface area contributed by atoms with E-state index in [-0.39, 0.29) is 6.61 Å². The van der Waals surface area contributed by atoms with Gasteiger partial charge in [0.15, 0.2) is 12.7 Å². The first-order chi connectivity index (χ1) is 16.5. The van der Waals surface area contributed by atoms with Gasteiger partial charge in [-0.1, -0.05) is 59.3 Å². The Kier molecular flexibility index (Phi) is 7.44. The molecule has 0 amide bonds. The summed E-state index contributed by atoms with van der Waals surface area (Å²) >= 11 is 0. The topological polar surface area (TPSA) is 97.6 Å². The maximum atomic E-state index is 10.8. The number of oxime groups is 1. The van der Waals surface area contributed by atoms with Gasteiger partial charge in [-0.3, -0.25) is 0 Å². The third-order valence-electron chi connectivity index (χ3n) is 5.64. The fraction of sp³-hybridized carbons (Fsp3) is 0.259. The van der Waals surface area contributed by atoms with E-state index >= 15 is 0 Å². The lowest BCUT2D eigenvalue weighted by Gasteiger charge is -2.24. The number of rotatable bonds is 9. The lowest BCUT2D eigenvalue weighted by atomic mass is 9.89. The van der Waals surface area contributed by atoms with Crippen LogP contribution in [-0.4, -0.2) is 34.8 Å². The summed E-state index contributed by atoms with van der Waals surface area (Å²) in [4.78, 5) is 16.8. The summed E-state index contributed by atoms with van der Waals surface area (Å²) in [6.45, 7) is 1.55. The number of carbonyl (C=O) groups is 1. The fourth-order valence-electron chi connectivity index (χ4n) is 4.07. The highest BCUT2D eigenvalue weighted by atomic mass is 16.6. The van der Waals surface area contributed by atoms with E-state index in [1.165, 1.54) is 11.8 Å². The largest absolute Gasteiger partial charge is 0.482 e. The molecule has 2 atom stereocenters. The van der Waals surface area contributed by atoms with Crippen molar-refractivity contribution in [1.82, 2.24) is 0 Å². The van der Waals surface area contributed by atoms with Gasteiger partial charge in [-0.05, 0) is 49.1 Å². The van der Waals surface area contributed by atoms with Crippen LogP contribution in [0, 0.1) is 0 Å². The molecule has 0 radical (unpaired) electrons. The molecule has 0 fully saturated rings.